The fourth-order valence-corrected chi connectivity index (χ4v) is 2.19. The SMILES string of the molecule is CC(=O)N(C)Cc1ccc(C)cc1.O=C1NC(=O)[C@H](C#Cc2cccnc2)N1. The van der Waals surface area contributed by atoms with Crippen LogP contribution in [0, 0.1) is 18.8 Å². The molecule has 2 N–H and O–H groups in total. The quantitative estimate of drug-likeness (QED) is 0.614. The van der Waals surface area contributed by atoms with E-state index in [4.69, 9.17) is 0 Å². The van der Waals surface area contributed by atoms with Crippen molar-refractivity contribution < 1.29 is 14.4 Å². The lowest BCUT2D eigenvalue weighted by molar-refractivity contribution is -0.128. The number of benzene rings is 1. The van der Waals surface area contributed by atoms with Crippen molar-refractivity contribution in [2.24, 2.45) is 0 Å². The van der Waals surface area contributed by atoms with Crippen molar-refractivity contribution in [1.29, 1.82) is 0 Å². The van der Waals surface area contributed by atoms with Gasteiger partial charge in [-0.05, 0) is 24.6 Å². The first-order valence-corrected chi connectivity index (χ1v) is 8.65. The smallest absolute Gasteiger partial charge is 0.322 e. The molecule has 0 aliphatic carbocycles. The van der Waals surface area contributed by atoms with E-state index in [2.05, 4.69) is 58.6 Å². The summed E-state index contributed by atoms with van der Waals surface area (Å²) >= 11 is 0. The fraction of sp³-hybridized carbons (Fsp3) is 0.238. The predicted octanol–water partition coefficient (Wildman–Crippen LogP) is 1.61. The number of nitrogens with one attached hydrogen (secondary N) is 2. The molecule has 2 aromatic rings. The number of pyridine rings is 1. The van der Waals surface area contributed by atoms with Crippen LogP contribution in [0.3, 0.4) is 0 Å². The lowest BCUT2D eigenvalue weighted by atomic mass is 10.1. The molecule has 1 aromatic heterocycles. The third-order valence-electron chi connectivity index (χ3n) is 3.87. The van der Waals surface area contributed by atoms with Crippen LogP contribution in [0.15, 0.2) is 48.8 Å². The highest BCUT2D eigenvalue weighted by Crippen LogP contribution is 2.05. The third kappa shape index (κ3) is 6.57. The number of nitrogens with zero attached hydrogens (tertiary/aromatic N) is 2. The average molecular weight is 378 g/mol. The summed E-state index contributed by atoms with van der Waals surface area (Å²) in [5.41, 5.74) is 3.11. The minimum atomic E-state index is -0.766. The van der Waals surface area contributed by atoms with E-state index in [1.54, 1.807) is 36.4 Å². The van der Waals surface area contributed by atoms with Crippen LogP contribution in [-0.2, 0) is 16.1 Å². The van der Waals surface area contributed by atoms with Crippen LogP contribution >= 0.6 is 0 Å². The maximum atomic E-state index is 11.1. The van der Waals surface area contributed by atoms with Gasteiger partial charge in [-0.25, -0.2) is 4.79 Å². The number of rotatable bonds is 2. The number of carbonyl (C=O) groups is 3. The van der Waals surface area contributed by atoms with Gasteiger partial charge in [0.2, 0.25) is 5.91 Å². The Bertz CT molecular complexity index is 899. The summed E-state index contributed by atoms with van der Waals surface area (Å²) in [7, 11) is 1.81. The van der Waals surface area contributed by atoms with Gasteiger partial charge in [-0.2, -0.15) is 0 Å². The molecule has 7 heteroatoms. The standard InChI is InChI=1S/C11H15NO.C10H7N3O2/c1-9-4-6-11(7-5-9)8-12(3)10(2)13;14-9-8(12-10(15)13-9)4-3-7-2-1-5-11-6-7/h4-7H,8H2,1-3H3;1-2,5-6,8H,(H2,12,13,14,15)/t;8-/m.0/s1. The van der Waals surface area contributed by atoms with Gasteiger partial charge in [-0.3, -0.25) is 19.9 Å². The molecule has 1 aliphatic heterocycles. The van der Waals surface area contributed by atoms with Gasteiger partial charge in [0, 0.05) is 38.5 Å². The van der Waals surface area contributed by atoms with Crippen molar-refractivity contribution >= 4 is 17.8 Å². The highest BCUT2D eigenvalue weighted by molar-refractivity contribution is 6.05. The molecule has 1 aliphatic rings. The number of carbonyl (C=O) groups excluding carboxylic acids is 3. The van der Waals surface area contributed by atoms with E-state index < -0.39 is 18.0 Å². The average Bonchev–Trinajstić information content (AvgIpc) is 3.00. The van der Waals surface area contributed by atoms with Crippen LogP contribution < -0.4 is 10.6 Å². The molecule has 4 amide bonds. The number of aromatic nitrogens is 1. The minimum Gasteiger partial charge on any atom is -0.342 e. The fourth-order valence-electron chi connectivity index (χ4n) is 2.19. The van der Waals surface area contributed by atoms with Gasteiger partial charge in [-0.1, -0.05) is 41.7 Å². The third-order valence-corrected chi connectivity index (χ3v) is 3.87. The summed E-state index contributed by atoms with van der Waals surface area (Å²) in [5, 5.41) is 4.48. The summed E-state index contributed by atoms with van der Waals surface area (Å²) in [6, 6.07) is 10.5. The van der Waals surface area contributed by atoms with Gasteiger partial charge in [0.15, 0.2) is 6.04 Å². The summed E-state index contributed by atoms with van der Waals surface area (Å²) in [4.78, 5) is 38.4. The lowest BCUT2D eigenvalue weighted by Crippen LogP contribution is -2.26. The van der Waals surface area contributed by atoms with E-state index >= 15 is 0 Å². The highest BCUT2D eigenvalue weighted by Gasteiger charge is 2.27. The van der Waals surface area contributed by atoms with Crippen molar-refractivity contribution in [3.8, 4) is 11.8 Å². The van der Waals surface area contributed by atoms with Crippen molar-refractivity contribution in [2.45, 2.75) is 26.4 Å². The van der Waals surface area contributed by atoms with Gasteiger partial charge in [0.25, 0.3) is 5.91 Å². The van der Waals surface area contributed by atoms with Gasteiger partial charge < -0.3 is 10.2 Å². The Morgan fingerprint density at radius 3 is 2.46 bits per heavy atom. The van der Waals surface area contributed by atoms with Crippen molar-refractivity contribution in [1.82, 2.24) is 20.5 Å². The second-order valence-corrected chi connectivity index (χ2v) is 6.27. The van der Waals surface area contributed by atoms with Crippen molar-refractivity contribution in [3.63, 3.8) is 0 Å². The van der Waals surface area contributed by atoms with E-state index in [-0.39, 0.29) is 5.91 Å². The number of imide groups is 1. The van der Waals surface area contributed by atoms with Crippen LogP contribution in [0.25, 0.3) is 0 Å². The molecular formula is C21H22N4O3. The van der Waals surface area contributed by atoms with Crippen LogP contribution in [0.2, 0.25) is 0 Å². The molecule has 0 spiro atoms. The molecule has 0 bridgehead atoms. The second kappa shape index (κ2) is 9.88. The van der Waals surface area contributed by atoms with E-state index in [1.807, 2.05) is 7.05 Å². The molecule has 2 heterocycles. The zero-order valence-electron chi connectivity index (χ0n) is 16.0. The molecule has 1 atom stereocenters. The van der Waals surface area contributed by atoms with Gasteiger partial charge in [-0.15, -0.1) is 0 Å². The molecule has 0 unspecified atom stereocenters. The number of amides is 4. The van der Waals surface area contributed by atoms with Crippen LogP contribution in [0.4, 0.5) is 4.79 Å². The van der Waals surface area contributed by atoms with Gasteiger partial charge >= 0.3 is 6.03 Å². The van der Waals surface area contributed by atoms with Gasteiger partial charge in [0.1, 0.15) is 0 Å². The number of aryl methyl sites for hydroxylation is 1. The molecule has 3 rings (SSSR count). The Morgan fingerprint density at radius 2 is 1.93 bits per heavy atom. The lowest BCUT2D eigenvalue weighted by Gasteiger charge is -2.14. The Morgan fingerprint density at radius 1 is 1.21 bits per heavy atom. The summed E-state index contributed by atoms with van der Waals surface area (Å²) in [6.07, 6.45) is 3.22. The molecule has 0 saturated carbocycles. The molecule has 0 radical (unpaired) electrons. The second-order valence-electron chi connectivity index (χ2n) is 6.27. The Balaban J connectivity index is 0.000000203. The van der Waals surface area contributed by atoms with E-state index in [1.165, 1.54) is 11.1 Å². The molecule has 1 saturated heterocycles. The Hall–Kier alpha value is -3.66. The summed E-state index contributed by atoms with van der Waals surface area (Å²) < 4.78 is 0. The van der Waals surface area contributed by atoms with E-state index in [0.29, 0.717) is 12.1 Å². The predicted molar refractivity (Wildman–Crippen MR) is 105 cm³/mol. The number of hydrogen-bond donors (Lipinski definition) is 2. The molecule has 144 valence electrons. The number of urea groups is 1. The first-order valence-electron chi connectivity index (χ1n) is 8.65. The summed E-state index contributed by atoms with van der Waals surface area (Å²) in [6.45, 7) is 4.32. The molecule has 1 aromatic carbocycles. The Labute approximate surface area is 164 Å². The van der Waals surface area contributed by atoms with Crippen LogP contribution in [0.1, 0.15) is 23.6 Å². The first-order chi connectivity index (χ1) is 13.3. The first kappa shape index (κ1) is 20.6. The maximum absolute atomic E-state index is 11.1. The molecular weight excluding hydrogens is 356 g/mol. The highest BCUT2D eigenvalue weighted by atomic mass is 16.2. The Kier molecular flexibility index (Phi) is 7.28. The van der Waals surface area contributed by atoms with E-state index in [0.717, 1.165) is 0 Å². The van der Waals surface area contributed by atoms with E-state index in [9.17, 15) is 14.4 Å². The van der Waals surface area contributed by atoms with Crippen LogP contribution in [0.5, 0.6) is 0 Å². The largest absolute Gasteiger partial charge is 0.342 e. The topological polar surface area (TPSA) is 91.4 Å². The van der Waals surface area contributed by atoms with Crippen molar-refractivity contribution in [2.75, 3.05) is 7.05 Å². The van der Waals surface area contributed by atoms with Crippen LogP contribution in [-0.4, -0.2) is 40.8 Å². The monoisotopic (exact) mass is 378 g/mol. The van der Waals surface area contributed by atoms with Crippen molar-refractivity contribution in [3.05, 3.63) is 65.5 Å². The number of hydrogen-bond acceptors (Lipinski definition) is 4. The van der Waals surface area contributed by atoms with Gasteiger partial charge in [0.05, 0.1) is 0 Å². The summed E-state index contributed by atoms with van der Waals surface area (Å²) in [5.74, 6) is 5.07. The maximum Gasteiger partial charge on any atom is 0.322 e. The molecule has 28 heavy (non-hydrogen) atoms. The minimum absolute atomic E-state index is 0.0978. The zero-order valence-corrected chi connectivity index (χ0v) is 16.0. The zero-order chi connectivity index (χ0) is 20.5. The molecule has 7 nitrogen and oxygen atoms in total. The normalized spacial score (nSPS) is 14.6. The molecule has 1 fully saturated rings.